The van der Waals surface area contributed by atoms with Gasteiger partial charge in [-0.15, -0.1) is 0 Å². The van der Waals surface area contributed by atoms with Gasteiger partial charge in [0, 0.05) is 51.8 Å². The number of nitrogens with one attached hydrogen (secondary N) is 1. The molecule has 1 aliphatic rings. The maximum Gasteiger partial charge on any atom is 0.233 e. The van der Waals surface area contributed by atoms with Crippen molar-refractivity contribution in [3.05, 3.63) is 17.9 Å². The summed E-state index contributed by atoms with van der Waals surface area (Å²) < 4.78 is 5.49. The zero-order valence-electron chi connectivity index (χ0n) is 12.0. The normalized spacial score (nSPS) is 18.3. The molecule has 1 atom stereocenters. The zero-order chi connectivity index (χ0) is 13.8. The van der Waals surface area contributed by atoms with Gasteiger partial charge in [-0.1, -0.05) is 6.92 Å². The van der Waals surface area contributed by atoms with E-state index in [9.17, 15) is 4.79 Å². The largest absolute Gasteiger partial charge is 0.445 e. The minimum Gasteiger partial charge on any atom is -0.445 e. The molecule has 2 heterocycles. The summed E-state index contributed by atoms with van der Waals surface area (Å²) in [7, 11) is 1.77. The van der Waals surface area contributed by atoms with E-state index in [1.807, 2.05) is 26.0 Å². The number of carbonyl (C=O) groups excluding carboxylic acids is 1. The molecular weight excluding hydrogens is 242 g/mol. The first-order valence-electron chi connectivity index (χ1n) is 6.85. The number of furan rings is 1. The highest BCUT2D eigenvalue weighted by atomic mass is 16.4. The lowest BCUT2D eigenvalue weighted by atomic mass is 10.1. The Hall–Kier alpha value is -1.33. The van der Waals surface area contributed by atoms with Crippen molar-refractivity contribution < 1.29 is 9.21 Å². The Balaban J connectivity index is 1.90. The average molecular weight is 265 g/mol. The van der Waals surface area contributed by atoms with Crippen LogP contribution in [0.1, 0.15) is 12.7 Å². The third kappa shape index (κ3) is 3.58. The molecule has 1 aromatic heterocycles. The van der Waals surface area contributed by atoms with Crippen molar-refractivity contribution in [1.29, 1.82) is 0 Å². The summed E-state index contributed by atoms with van der Waals surface area (Å²) in [6, 6.07) is 3.71. The van der Waals surface area contributed by atoms with Crippen molar-refractivity contribution in [2.45, 2.75) is 13.8 Å². The van der Waals surface area contributed by atoms with Gasteiger partial charge in [0.2, 0.25) is 11.8 Å². The standard InChI is InChI=1S/C14H23N3O2/c1-11(10-17-8-6-15-7-9-17)14(18)16(3)13-5-4-12(2)19-13/h4-5,11,15H,6-10H2,1-3H3. The van der Waals surface area contributed by atoms with Crippen LogP contribution in [0.4, 0.5) is 5.88 Å². The molecule has 1 aromatic rings. The fraction of sp³-hybridized carbons (Fsp3) is 0.643. The van der Waals surface area contributed by atoms with Crippen LogP contribution in [-0.4, -0.2) is 50.6 Å². The number of hydrogen-bond donors (Lipinski definition) is 1. The molecule has 0 aromatic carbocycles. The Morgan fingerprint density at radius 1 is 1.47 bits per heavy atom. The molecule has 1 amide bonds. The second-order valence-corrected chi connectivity index (χ2v) is 5.23. The highest BCUT2D eigenvalue weighted by Crippen LogP contribution is 2.18. The predicted octanol–water partition coefficient (Wildman–Crippen LogP) is 1.09. The van der Waals surface area contributed by atoms with E-state index < -0.39 is 0 Å². The van der Waals surface area contributed by atoms with Crippen molar-refractivity contribution >= 4 is 11.8 Å². The summed E-state index contributed by atoms with van der Waals surface area (Å²) in [4.78, 5) is 16.3. The van der Waals surface area contributed by atoms with Gasteiger partial charge in [0.1, 0.15) is 5.76 Å². The molecule has 1 fully saturated rings. The molecule has 0 radical (unpaired) electrons. The zero-order valence-corrected chi connectivity index (χ0v) is 12.0. The molecule has 5 nitrogen and oxygen atoms in total. The van der Waals surface area contributed by atoms with Crippen LogP contribution >= 0.6 is 0 Å². The molecule has 0 aliphatic carbocycles. The van der Waals surface area contributed by atoms with Crippen LogP contribution in [0.15, 0.2) is 16.5 Å². The van der Waals surface area contributed by atoms with Crippen LogP contribution in [0.3, 0.4) is 0 Å². The third-order valence-corrected chi connectivity index (χ3v) is 3.55. The SMILES string of the molecule is Cc1ccc(N(C)C(=O)C(C)CN2CCNCC2)o1. The second kappa shape index (κ2) is 6.21. The maximum absolute atomic E-state index is 12.4. The fourth-order valence-corrected chi connectivity index (χ4v) is 2.40. The number of amides is 1. The lowest BCUT2D eigenvalue weighted by Crippen LogP contribution is -2.47. The molecule has 1 unspecified atom stereocenters. The van der Waals surface area contributed by atoms with Gasteiger partial charge in [-0.3, -0.25) is 9.69 Å². The summed E-state index contributed by atoms with van der Waals surface area (Å²) in [5, 5.41) is 3.32. The molecule has 2 rings (SSSR count). The molecule has 5 heteroatoms. The first-order chi connectivity index (χ1) is 9.08. The number of anilines is 1. The Morgan fingerprint density at radius 2 is 2.16 bits per heavy atom. The minimum atomic E-state index is -0.0199. The first kappa shape index (κ1) is 14.1. The van der Waals surface area contributed by atoms with Crippen LogP contribution in [-0.2, 0) is 4.79 Å². The van der Waals surface area contributed by atoms with E-state index in [1.165, 1.54) is 0 Å². The van der Waals surface area contributed by atoms with E-state index >= 15 is 0 Å². The average Bonchev–Trinajstić information content (AvgIpc) is 2.85. The summed E-state index contributed by atoms with van der Waals surface area (Å²) in [5.41, 5.74) is 0. The van der Waals surface area contributed by atoms with E-state index in [0.717, 1.165) is 38.5 Å². The number of hydrogen-bond acceptors (Lipinski definition) is 4. The van der Waals surface area contributed by atoms with E-state index in [4.69, 9.17) is 4.42 Å². The maximum atomic E-state index is 12.4. The topological polar surface area (TPSA) is 48.7 Å². The van der Waals surface area contributed by atoms with Gasteiger partial charge in [-0.05, 0) is 13.0 Å². The summed E-state index contributed by atoms with van der Waals surface area (Å²) in [5.74, 6) is 1.53. The van der Waals surface area contributed by atoms with Crippen molar-refractivity contribution in [3.63, 3.8) is 0 Å². The van der Waals surface area contributed by atoms with E-state index in [0.29, 0.717) is 5.88 Å². The van der Waals surface area contributed by atoms with E-state index in [1.54, 1.807) is 11.9 Å². The third-order valence-electron chi connectivity index (χ3n) is 3.55. The van der Waals surface area contributed by atoms with Gasteiger partial charge in [0.25, 0.3) is 0 Å². The number of piperazine rings is 1. The molecule has 106 valence electrons. The quantitative estimate of drug-likeness (QED) is 0.885. The number of nitrogens with zero attached hydrogens (tertiary/aromatic N) is 2. The molecule has 1 N–H and O–H groups in total. The summed E-state index contributed by atoms with van der Waals surface area (Å²) in [6.45, 7) is 8.72. The Labute approximate surface area is 114 Å². The van der Waals surface area contributed by atoms with E-state index in [-0.39, 0.29) is 11.8 Å². The lowest BCUT2D eigenvalue weighted by Gasteiger charge is -2.30. The monoisotopic (exact) mass is 265 g/mol. The van der Waals surface area contributed by atoms with Crippen molar-refractivity contribution in [2.24, 2.45) is 5.92 Å². The van der Waals surface area contributed by atoms with E-state index in [2.05, 4.69) is 10.2 Å². The Kier molecular flexibility index (Phi) is 4.61. The Morgan fingerprint density at radius 3 is 2.74 bits per heavy atom. The van der Waals surface area contributed by atoms with Crippen LogP contribution < -0.4 is 10.2 Å². The van der Waals surface area contributed by atoms with Crippen LogP contribution in [0.5, 0.6) is 0 Å². The van der Waals surface area contributed by atoms with Crippen molar-refractivity contribution in [1.82, 2.24) is 10.2 Å². The van der Waals surface area contributed by atoms with Crippen molar-refractivity contribution in [3.8, 4) is 0 Å². The van der Waals surface area contributed by atoms with Gasteiger partial charge >= 0.3 is 0 Å². The van der Waals surface area contributed by atoms with Gasteiger partial charge < -0.3 is 14.6 Å². The fourth-order valence-electron chi connectivity index (χ4n) is 2.40. The van der Waals surface area contributed by atoms with Gasteiger partial charge in [0.05, 0.1) is 0 Å². The molecule has 1 saturated heterocycles. The molecular formula is C14H23N3O2. The van der Waals surface area contributed by atoms with Crippen LogP contribution in [0, 0.1) is 12.8 Å². The smallest absolute Gasteiger partial charge is 0.233 e. The highest BCUT2D eigenvalue weighted by molar-refractivity contribution is 5.93. The molecule has 0 bridgehead atoms. The summed E-state index contributed by atoms with van der Waals surface area (Å²) >= 11 is 0. The molecule has 1 aliphatic heterocycles. The van der Waals surface area contributed by atoms with Crippen LogP contribution in [0.25, 0.3) is 0 Å². The molecule has 0 spiro atoms. The molecule has 0 saturated carbocycles. The molecule has 19 heavy (non-hydrogen) atoms. The first-order valence-corrected chi connectivity index (χ1v) is 6.85. The number of aryl methyl sites for hydroxylation is 1. The number of rotatable bonds is 4. The minimum absolute atomic E-state index is 0.0199. The second-order valence-electron chi connectivity index (χ2n) is 5.23. The number of carbonyl (C=O) groups is 1. The van der Waals surface area contributed by atoms with Gasteiger partial charge in [0.15, 0.2) is 0 Å². The van der Waals surface area contributed by atoms with Gasteiger partial charge in [-0.2, -0.15) is 0 Å². The highest BCUT2D eigenvalue weighted by Gasteiger charge is 2.23. The van der Waals surface area contributed by atoms with Gasteiger partial charge in [-0.25, -0.2) is 0 Å². The lowest BCUT2D eigenvalue weighted by molar-refractivity contribution is -0.122. The Bertz CT molecular complexity index is 424. The predicted molar refractivity (Wildman–Crippen MR) is 75.3 cm³/mol. The van der Waals surface area contributed by atoms with Crippen LogP contribution in [0.2, 0.25) is 0 Å². The summed E-state index contributed by atoms with van der Waals surface area (Å²) in [6.07, 6.45) is 0. The van der Waals surface area contributed by atoms with Crippen molar-refractivity contribution in [2.75, 3.05) is 44.7 Å².